The van der Waals surface area contributed by atoms with E-state index in [0.29, 0.717) is 6.42 Å². The van der Waals surface area contributed by atoms with Crippen LogP contribution in [-0.4, -0.2) is 12.6 Å². The van der Waals surface area contributed by atoms with E-state index in [0.717, 1.165) is 31.8 Å². The van der Waals surface area contributed by atoms with Gasteiger partial charge in [0.05, 0.1) is 0 Å². The van der Waals surface area contributed by atoms with Crippen molar-refractivity contribution in [1.82, 2.24) is 0 Å². The molecule has 0 aliphatic carbocycles. The summed E-state index contributed by atoms with van der Waals surface area (Å²) in [5.74, 6) is 0. The predicted molar refractivity (Wildman–Crippen MR) is 97.3 cm³/mol. The van der Waals surface area contributed by atoms with Crippen LogP contribution in [-0.2, 0) is 9.59 Å². The molecule has 2 nitrogen and oxygen atoms in total. The van der Waals surface area contributed by atoms with E-state index in [2.05, 4.69) is 26.0 Å². The summed E-state index contributed by atoms with van der Waals surface area (Å²) in [5, 5.41) is 0. The van der Waals surface area contributed by atoms with Crippen LogP contribution in [0.15, 0.2) is 12.2 Å². The van der Waals surface area contributed by atoms with Crippen molar-refractivity contribution in [3.05, 3.63) is 12.2 Å². The van der Waals surface area contributed by atoms with Crippen molar-refractivity contribution < 1.29 is 9.59 Å². The molecule has 0 aliphatic heterocycles. The molecular weight excluding hydrogens is 272 g/mol. The Balaban J connectivity index is 0. The maximum atomic E-state index is 9.94. The van der Waals surface area contributed by atoms with Gasteiger partial charge in [-0.25, -0.2) is 0 Å². The first kappa shape index (κ1) is 23.3. The minimum absolute atomic E-state index is 0.671. The van der Waals surface area contributed by atoms with E-state index in [1.54, 1.807) is 0 Å². The maximum absolute atomic E-state index is 9.94. The lowest BCUT2D eigenvalue weighted by atomic mass is 10.1. The Morgan fingerprint density at radius 1 is 0.500 bits per heavy atom. The van der Waals surface area contributed by atoms with E-state index in [-0.39, 0.29) is 0 Å². The highest BCUT2D eigenvalue weighted by Gasteiger charge is 1.89. The molecule has 0 saturated carbocycles. The molecule has 22 heavy (non-hydrogen) atoms. The third-order valence-electron chi connectivity index (χ3n) is 3.52. The van der Waals surface area contributed by atoms with Crippen LogP contribution in [0.4, 0.5) is 0 Å². The number of rotatable bonds is 15. The molecule has 0 aliphatic rings. The van der Waals surface area contributed by atoms with Crippen LogP contribution in [0, 0.1) is 0 Å². The number of unbranched alkanes of at least 4 members (excludes halogenated alkanes) is 11. The summed E-state index contributed by atoms with van der Waals surface area (Å²) in [4.78, 5) is 19.8. The first-order valence-corrected chi connectivity index (χ1v) is 9.35. The second-order valence-electron chi connectivity index (χ2n) is 5.79. The topological polar surface area (TPSA) is 34.1 Å². The SMILES string of the molecule is CCCCC/C=C\CCC=O.CCCCCCCCCC=O. The maximum Gasteiger partial charge on any atom is 0.120 e. The van der Waals surface area contributed by atoms with Crippen molar-refractivity contribution in [3.8, 4) is 0 Å². The van der Waals surface area contributed by atoms with Gasteiger partial charge in [-0.2, -0.15) is 0 Å². The third-order valence-corrected chi connectivity index (χ3v) is 3.52. The molecule has 0 aromatic rings. The van der Waals surface area contributed by atoms with Gasteiger partial charge in [-0.05, 0) is 25.7 Å². The molecule has 0 aromatic carbocycles. The quantitative estimate of drug-likeness (QED) is 0.198. The summed E-state index contributed by atoms with van der Waals surface area (Å²) in [5.41, 5.74) is 0. The Hall–Kier alpha value is -0.920. The average molecular weight is 311 g/mol. The van der Waals surface area contributed by atoms with Crippen LogP contribution in [0.3, 0.4) is 0 Å². The number of allylic oxidation sites excluding steroid dienone is 2. The lowest BCUT2D eigenvalue weighted by Gasteiger charge is -1.97. The first-order valence-electron chi connectivity index (χ1n) is 9.35. The van der Waals surface area contributed by atoms with Crippen LogP contribution in [0.25, 0.3) is 0 Å². The molecular formula is C20H38O2. The van der Waals surface area contributed by atoms with Crippen molar-refractivity contribution in [3.63, 3.8) is 0 Å². The average Bonchev–Trinajstić information content (AvgIpc) is 2.54. The summed E-state index contributed by atoms with van der Waals surface area (Å²) in [6, 6.07) is 0. The Labute approximate surface area is 138 Å². The van der Waals surface area contributed by atoms with Gasteiger partial charge in [-0.15, -0.1) is 0 Å². The van der Waals surface area contributed by atoms with Crippen LogP contribution >= 0.6 is 0 Å². The second-order valence-corrected chi connectivity index (χ2v) is 5.79. The molecule has 130 valence electrons. The van der Waals surface area contributed by atoms with Crippen LogP contribution in [0.2, 0.25) is 0 Å². The predicted octanol–water partition coefficient (Wildman–Crippen LogP) is 6.43. The molecule has 0 unspecified atom stereocenters. The molecule has 0 saturated heterocycles. The van der Waals surface area contributed by atoms with Gasteiger partial charge < -0.3 is 9.59 Å². The minimum Gasteiger partial charge on any atom is -0.303 e. The van der Waals surface area contributed by atoms with Crippen LogP contribution < -0.4 is 0 Å². The van der Waals surface area contributed by atoms with E-state index in [9.17, 15) is 9.59 Å². The zero-order chi connectivity index (χ0) is 16.7. The summed E-state index contributed by atoms with van der Waals surface area (Å²) in [7, 11) is 0. The number of hydrogen-bond donors (Lipinski definition) is 0. The zero-order valence-corrected chi connectivity index (χ0v) is 15.0. The fourth-order valence-corrected chi connectivity index (χ4v) is 2.10. The molecule has 2 heteroatoms. The highest BCUT2D eigenvalue weighted by atomic mass is 16.1. The van der Waals surface area contributed by atoms with E-state index < -0.39 is 0 Å². The van der Waals surface area contributed by atoms with Gasteiger partial charge >= 0.3 is 0 Å². The lowest BCUT2D eigenvalue weighted by Crippen LogP contribution is -1.80. The largest absolute Gasteiger partial charge is 0.303 e. The monoisotopic (exact) mass is 310 g/mol. The number of aldehydes is 2. The van der Waals surface area contributed by atoms with Gasteiger partial charge in [0.25, 0.3) is 0 Å². The highest BCUT2D eigenvalue weighted by molar-refractivity contribution is 5.49. The van der Waals surface area contributed by atoms with E-state index in [4.69, 9.17) is 0 Å². The zero-order valence-electron chi connectivity index (χ0n) is 15.0. The van der Waals surface area contributed by atoms with Crippen LogP contribution in [0.5, 0.6) is 0 Å². The van der Waals surface area contributed by atoms with Crippen molar-refractivity contribution >= 4 is 12.6 Å². The van der Waals surface area contributed by atoms with Gasteiger partial charge in [0.1, 0.15) is 12.6 Å². The molecule has 0 radical (unpaired) electrons. The molecule has 0 spiro atoms. The summed E-state index contributed by atoms with van der Waals surface area (Å²) in [6.07, 6.45) is 22.7. The van der Waals surface area contributed by atoms with Gasteiger partial charge in [-0.3, -0.25) is 0 Å². The van der Waals surface area contributed by atoms with Gasteiger partial charge in [0.2, 0.25) is 0 Å². The first-order chi connectivity index (χ1) is 10.8. The number of carbonyl (C=O) groups excluding carboxylic acids is 2. The fraction of sp³-hybridized carbons (Fsp3) is 0.800. The minimum atomic E-state index is 0.671. The van der Waals surface area contributed by atoms with Crippen LogP contribution in [0.1, 0.15) is 104 Å². The van der Waals surface area contributed by atoms with E-state index >= 15 is 0 Å². The van der Waals surface area contributed by atoms with E-state index in [1.165, 1.54) is 64.2 Å². The molecule has 0 rings (SSSR count). The Morgan fingerprint density at radius 3 is 1.55 bits per heavy atom. The van der Waals surface area contributed by atoms with Crippen molar-refractivity contribution in [1.29, 1.82) is 0 Å². The molecule has 0 amide bonds. The molecule has 0 bridgehead atoms. The normalized spacial score (nSPS) is 10.3. The molecule has 0 heterocycles. The summed E-state index contributed by atoms with van der Waals surface area (Å²) >= 11 is 0. The van der Waals surface area contributed by atoms with Crippen molar-refractivity contribution in [2.75, 3.05) is 0 Å². The Morgan fingerprint density at radius 2 is 0.955 bits per heavy atom. The molecule has 0 N–H and O–H groups in total. The Bertz CT molecular complexity index is 234. The fourth-order valence-electron chi connectivity index (χ4n) is 2.10. The molecule has 0 atom stereocenters. The third kappa shape index (κ3) is 27.4. The van der Waals surface area contributed by atoms with Crippen molar-refractivity contribution in [2.45, 2.75) is 104 Å². The summed E-state index contributed by atoms with van der Waals surface area (Å²) in [6.45, 7) is 4.43. The van der Waals surface area contributed by atoms with Gasteiger partial charge in [0.15, 0.2) is 0 Å². The number of hydrogen-bond acceptors (Lipinski definition) is 2. The van der Waals surface area contributed by atoms with E-state index in [1.807, 2.05) is 0 Å². The second kappa shape index (κ2) is 25.1. The molecule has 0 aromatic heterocycles. The summed E-state index contributed by atoms with van der Waals surface area (Å²) < 4.78 is 0. The Kier molecular flexibility index (Phi) is 26.6. The lowest BCUT2D eigenvalue weighted by molar-refractivity contribution is -0.108. The smallest absolute Gasteiger partial charge is 0.120 e. The van der Waals surface area contributed by atoms with Gasteiger partial charge in [0, 0.05) is 12.8 Å². The van der Waals surface area contributed by atoms with Crippen molar-refractivity contribution in [2.24, 2.45) is 0 Å². The molecule has 0 fully saturated rings. The standard InChI is InChI=1S/C10H20O.C10H18O/c2*1-2-3-4-5-6-7-8-9-10-11/h10H,2-9H2,1H3;6-7,10H,2-5,8-9H2,1H3/b;7-6-. The highest BCUT2D eigenvalue weighted by Crippen LogP contribution is 2.07. The number of carbonyl (C=O) groups is 2. The van der Waals surface area contributed by atoms with Gasteiger partial charge in [-0.1, -0.05) is 77.4 Å².